The molecule has 0 bridgehead atoms. The Morgan fingerprint density at radius 3 is 2.67 bits per heavy atom. The summed E-state index contributed by atoms with van der Waals surface area (Å²) in [6, 6.07) is 5.12. The fourth-order valence-electron chi connectivity index (χ4n) is 2.55. The second-order valence-electron chi connectivity index (χ2n) is 4.81. The van der Waals surface area contributed by atoms with E-state index in [2.05, 4.69) is 29.8 Å². The van der Waals surface area contributed by atoms with E-state index in [1.807, 2.05) is 6.07 Å². The van der Waals surface area contributed by atoms with Gasteiger partial charge in [0.2, 0.25) is 0 Å². The van der Waals surface area contributed by atoms with Crippen LogP contribution in [0.3, 0.4) is 0 Å². The molecule has 1 saturated carbocycles. The van der Waals surface area contributed by atoms with Crippen molar-refractivity contribution in [3.8, 4) is 0 Å². The number of rotatable bonds is 2. The van der Waals surface area contributed by atoms with E-state index in [1.54, 1.807) is 6.07 Å². The number of hydrogen-bond acceptors (Lipinski definition) is 1. The van der Waals surface area contributed by atoms with E-state index in [-0.39, 0.29) is 17.2 Å². The number of hydrogen-bond donors (Lipinski definition) is 1. The Morgan fingerprint density at radius 1 is 1.47 bits per heavy atom. The van der Waals surface area contributed by atoms with E-state index in [0.29, 0.717) is 12.5 Å². The highest BCUT2D eigenvalue weighted by Crippen LogP contribution is 2.64. The van der Waals surface area contributed by atoms with Crippen LogP contribution in [0.15, 0.2) is 22.7 Å². The van der Waals surface area contributed by atoms with Crippen molar-refractivity contribution in [1.82, 2.24) is 0 Å². The zero-order valence-corrected chi connectivity index (χ0v) is 10.5. The number of nitrogens with two attached hydrogens (primary N) is 1. The summed E-state index contributed by atoms with van der Waals surface area (Å²) in [6.45, 7) is 4.93. The van der Waals surface area contributed by atoms with Crippen molar-refractivity contribution in [1.29, 1.82) is 0 Å². The third-order valence-electron chi connectivity index (χ3n) is 3.60. The van der Waals surface area contributed by atoms with Gasteiger partial charge in [0.15, 0.2) is 0 Å². The molecule has 2 atom stereocenters. The molecule has 0 aromatic heterocycles. The minimum absolute atomic E-state index is 0.118. The summed E-state index contributed by atoms with van der Waals surface area (Å²) in [5.41, 5.74) is 6.62. The predicted molar refractivity (Wildman–Crippen MR) is 63.2 cm³/mol. The van der Waals surface area contributed by atoms with Crippen LogP contribution in [0.5, 0.6) is 0 Å². The maximum Gasteiger partial charge on any atom is 0.126 e. The average Bonchev–Trinajstić information content (AvgIpc) is 2.72. The van der Waals surface area contributed by atoms with Crippen LogP contribution in [0.25, 0.3) is 0 Å². The summed E-state index contributed by atoms with van der Waals surface area (Å²) in [5.74, 6) is 0.550. The van der Waals surface area contributed by atoms with Crippen LogP contribution >= 0.6 is 15.9 Å². The second-order valence-corrected chi connectivity index (χ2v) is 5.72. The van der Waals surface area contributed by atoms with Gasteiger partial charge < -0.3 is 5.73 Å². The molecule has 1 fully saturated rings. The first-order valence-corrected chi connectivity index (χ1v) is 5.92. The van der Waals surface area contributed by atoms with Gasteiger partial charge in [-0.2, -0.15) is 0 Å². The van der Waals surface area contributed by atoms with Crippen LogP contribution in [0.1, 0.15) is 25.3 Å². The molecule has 0 aliphatic heterocycles. The second kappa shape index (κ2) is 3.56. The molecule has 2 N–H and O–H groups in total. The van der Waals surface area contributed by atoms with Gasteiger partial charge in [-0.1, -0.05) is 29.8 Å². The lowest BCUT2D eigenvalue weighted by Gasteiger charge is -2.05. The standard InChI is InChI=1S/C12H15BrFN/c1-12(2)9(6-15)11(12)8-5-7(13)3-4-10(8)14/h3-5,9,11H,6,15H2,1-2H3. The van der Waals surface area contributed by atoms with Gasteiger partial charge in [-0.15, -0.1) is 0 Å². The molecule has 2 rings (SSSR count). The molecule has 1 aliphatic rings. The topological polar surface area (TPSA) is 26.0 Å². The van der Waals surface area contributed by atoms with Gasteiger partial charge in [0.25, 0.3) is 0 Å². The van der Waals surface area contributed by atoms with Crippen LogP contribution in [0.4, 0.5) is 4.39 Å². The Labute approximate surface area is 98.0 Å². The largest absolute Gasteiger partial charge is 0.330 e. The minimum atomic E-state index is -0.118. The number of halogens is 2. The SMILES string of the molecule is CC1(C)C(CN)C1c1cc(Br)ccc1F. The van der Waals surface area contributed by atoms with E-state index >= 15 is 0 Å². The van der Waals surface area contributed by atoms with E-state index < -0.39 is 0 Å². The molecule has 0 radical (unpaired) electrons. The van der Waals surface area contributed by atoms with Gasteiger partial charge in [0.05, 0.1) is 0 Å². The third kappa shape index (κ3) is 1.72. The van der Waals surface area contributed by atoms with Crippen molar-refractivity contribution < 1.29 is 4.39 Å². The van der Waals surface area contributed by atoms with Gasteiger partial charge in [-0.25, -0.2) is 4.39 Å². The summed E-state index contributed by atoms with van der Waals surface area (Å²) in [6.07, 6.45) is 0. The molecular formula is C12H15BrFN. The fourth-order valence-corrected chi connectivity index (χ4v) is 2.93. The molecule has 0 spiro atoms. The Hall–Kier alpha value is -0.410. The molecule has 0 amide bonds. The lowest BCUT2D eigenvalue weighted by Crippen LogP contribution is -2.05. The maximum atomic E-state index is 13.7. The summed E-state index contributed by atoms with van der Waals surface area (Å²) in [4.78, 5) is 0. The van der Waals surface area contributed by atoms with Crippen LogP contribution in [-0.4, -0.2) is 6.54 Å². The Morgan fingerprint density at radius 2 is 2.13 bits per heavy atom. The van der Waals surface area contributed by atoms with Crippen LogP contribution in [-0.2, 0) is 0 Å². The van der Waals surface area contributed by atoms with Crippen molar-refractivity contribution >= 4 is 15.9 Å². The molecule has 82 valence electrons. The highest BCUT2D eigenvalue weighted by atomic mass is 79.9. The molecule has 3 heteroatoms. The molecular weight excluding hydrogens is 257 g/mol. The van der Waals surface area contributed by atoms with Gasteiger partial charge >= 0.3 is 0 Å². The highest BCUT2D eigenvalue weighted by molar-refractivity contribution is 9.10. The van der Waals surface area contributed by atoms with Crippen LogP contribution in [0.2, 0.25) is 0 Å². The smallest absolute Gasteiger partial charge is 0.126 e. The quantitative estimate of drug-likeness (QED) is 0.878. The monoisotopic (exact) mass is 271 g/mol. The summed E-state index contributed by atoms with van der Waals surface area (Å²) in [7, 11) is 0. The van der Waals surface area contributed by atoms with Crippen molar-refractivity contribution in [2.75, 3.05) is 6.54 Å². The zero-order valence-electron chi connectivity index (χ0n) is 8.93. The van der Waals surface area contributed by atoms with Crippen LogP contribution in [0, 0.1) is 17.2 Å². The minimum Gasteiger partial charge on any atom is -0.330 e. The van der Waals surface area contributed by atoms with E-state index in [9.17, 15) is 4.39 Å². The molecule has 0 saturated heterocycles. The van der Waals surface area contributed by atoms with Crippen LogP contribution < -0.4 is 5.73 Å². The van der Waals surface area contributed by atoms with Gasteiger partial charge in [-0.3, -0.25) is 0 Å². The molecule has 0 heterocycles. The van der Waals surface area contributed by atoms with Gasteiger partial charge in [-0.05, 0) is 47.6 Å². The molecule has 1 aromatic carbocycles. The summed E-state index contributed by atoms with van der Waals surface area (Å²) >= 11 is 3.37. The van der Waals surface area contributed by atoms with E-state index in [4.69, 9.17) is 5.73 Å². The highest BCUT2D eigenvalue weighted by Gasteiger charge is 2.57. The molecule has 1 nitrogen and oxygen atoms in total. The lowest BCUT2D eigenvalue weighted by atomic mass is 10.0. The molecule has 1 aliphatic carbocycles. The van der Waals surface area contributed by atoms with Crippen molar-refractivity contribution in [3.05, 3.63) is 34.1 Å². The summed E-state index contributed by atoms with van der Waals surface area (Å²) < 4.78 is 14.6. The van der Waals surface area contributed by atoms with Crippen molar-refractivity contribution in [2.24, 2.45) is 17.1 Å². The van der Waals surface area contributed by atoms with Gasteiger partial charge in [0, 0.05) is 4.47 Å². The normalized spacial score (nSPS) is 27.8. The van der Waals surface area contributed by atoms with E-state index in [1.165, 1.54) is 6.07 Å². The predicted octanol–water partition coefficient (Wildman–Crippen LogP) is 3.29. The lowest BCUT2D eigenvalue weighted by molar-refractivity contribution is 0.551. The maximum absolute atomic E-state index is 13.7. The Bertz CT molecular complexity index is 389. The zero-order chi connectivity index (χ0) is 11.2. The fraction of sp³-hybridized carbons (Fsp3) is 0.500. The first-order chi connectivity index (χ1) is 6.98. The van der Waals surface area contributed by atoms with Crippen molar-refractivity contribution in [3.63, 3.8) is 0 Å². The van der Waals surface area contributed by atoms with E-state index in [0.717, 1.165) is 10.0 Å². The van der Waals surface area contributed by atoms with Gasteiger partial charge in [0.1, 0.15) is 5.82 Å². The first-order valence-electron chi connectivity index (χ1n) is 5.13. The third-order valence-corrected chi connectivity index (χ3v) is 4.09. The Kier molecular flexibility index (Phi) is 2.63. The number of benzene rings is 1. The molecule has 15 heavy (non-hydrogen) atoms. The van der Waals surface area contributed by atoms with Crippen molar-refractivity contribution in [2.45, 2.75) is 19.8 Å². The molecule has 1 aromatic rings. The Balaban J connectivity index is 2.36. The average molecular weight is 272 g/mol. The molecule has 2 unspecified atom stereocenters. The summed E-state index contributed by atoms with van der Waals surface area (Å²) in [5, 5.41) is 0. The first kappa shape index (κ1) is 11.1.